The Kier molecular flexibility index (Phi) is 4.71. The van der Waals surface area contributed by atoms with Crippen molar-refractivity contribution in [2.45, 2.75) is 12.2 Å². The molecule has 0 aliphatic carbocycles. The van der Waals surface area contributed by atoms with Gasteiger partial charge in [0.05, 0.1) is 12.7 Å². The van der Waals surface area contributed by atoms with Crippen LogP contribution in [0.3, 0.4) is 0 Å². The minimum atomic E-state index is -0.937. The maximum Gasteiger partial charge on any atom is 0.102 e. The Morgan fingerprint density at radius 2 is 1.67 bits per heavy atom. The van der Waals surface area contributed by atoms with E-state index >= 15 is 0 Å². The number of aliphatic hydroxyl groups excluding tert-OH is 3. The Morgan fingerprint density at radius 1 is 1.13 bits per heavy atom. The van der Waals surface area contributed by atoms with Crippen molar-refractivity contribution in [3.05, 3.63) is 35.4 Å². The fraction of sp³-hybridized carbons (Fsp3) is 0.455. The summed E-state index contributed by atoms with van der Waals surface area (Å²) in [6, 6.07) is 7.01. The van der Waals surface area contributed by atoms with Crippen molar-refractivity contribution in [3.63, 3.8) is 0 Å². The number of benzene rings is 1. The van der Waals surface area contributed by atoms with Gasteiger partial charge in [0.15, 0.2) is 0 Å². The van der Waals surface area contributed by atoms with E-state index in [1.165, 1.54) is 0 Å². The second-order valence-electron chi connectivity index (χ2n) is 3.40. The summed E-state index contributed by atoms with van der Waals surface area (Å²) >= 11 is 0. The molecular weight excluding hydrogens is 194 g/mol. The predicted molar refractivity (Wildman–Crippen MR) is 57.4 cm³/mol. The molecule has 15 heavy (non-hydrogen) atoms. The summed E-state index contributed by atoms with van der Waals surface area (Å²) in [5.74, 6) is 0. The molecule has 4 heteroatoms. The highest BCUT2D eigenvalue weighted by atomic mass is 16.3. The largest absolute Gasteiger partial charge is 0.393 e. The van der Waals surface area contributed by atoms with Crippen LogP contribution < -0.4 is 5.32 Å². The van der Waals surface area contributed by atoms with Crippen molar-refractivity contribution in [2.75, 3.05) is 20.2 Å². The first-order valence-corrected chi connectivity index (χ1v) is 4.91. The molecule has 0 saturated heterocycles. The van der Waals surface area contributed by atoms with Crippen LogP contribution in [0.15, 0.2) is 24.3 Å². The first-order chi connectivity index (χ1) is 7.20. The Morgan fingerprint density at radius 3 is 2.13 bits per heavy atom. The molecule has 0 bridgehead atoms. The molecule has 2 unspecified atom stereocenters. The van der Waals surface area contributed by atoms with Crippen LogP contribution in [-0.4, -0.2) is 35.5 Å². The molecule has 0 aromatic heterocycles. The van der Waals surface area contributed by atoms with E-state index in [0.29, 0.717) is 17.7 Å². The SMILES string of the molecule is CNCC(O)c1ccccc1C(O)CO. The number of rotatable bonds is 5. The van der Waals surface area contributed by atoms with Gasteiger partial charge in [-0.2, -0.15) is 0 Å². The van der Waals surface area contributed by atoms with Crippen molar-refractivity contribution in [1.82, 2.24) is 5.32 Å². The van der Waals surface area contributed by atoms with Crippen LogP contribution in [0.25, 0.3) is 0 Å². The van der Waals surface area contributed by atoms with E-state index in [-0.39, 0.29) is 6.61 Å². The Hall–Kier alpha value is -0.940. The molecule has 4 N–H and O–H groups in total. The van der Waals surface area contributed by atoms with Gasteiger partial charge in [0, 0.05) is 6.54 Å². The van der Waals surface area contributed by atoms with Gasteiger partial charge in [-0.1, -0.05) is 24.3 Å². The van der Waals surface area contributed by atoms with Crippen molar-refractivity contribution >= 4 is 0 Å². The number of likely N-dealkylation sites (N-methyl/N-ethyl adjacent to an activating group) is 1. The van der Waals surface area contributed by atoms with Crippen LogP contribution in [0.1, 0.15) is 23.3 Å². The summed E-state index contributed by atoms with van der Waals surface area (Å²) < 4.78 is 0. The smallest absolute Gasteiger partial charge is 0.102 e. The van der Waals surface area contributed by atoms with Gasteiger partial charge in [0.25, 0.3) is 0 Å². The summed E-state index contributed by atoms with van der Waals surface area (Å²) in [7, 11) is 1.74. The highest BCUT2D eigenvalue weighted by Crippen LogP contribution is 2.23. The first-order valence-electron chi connectivity index (χ1n) is 4.91. The monoisotopic (exact) mass is 211 g/mol. The van der Waals surface area contributed by atoms with E-state index in [2.05, 4.69) is 5.32 Å². The van der Waals surface area contributed by atoms with Crippen molar-refractivity contribution in [3.8, 4) is 0 Å². The van der Waals surface area contributed by atoms with Gasteiger partial charge in [-0.15, -0.1) is 0 Å². The highest BCUT2D eigenvalue weighted by molar-refractivity contribution is 5.31. The molecule has 0 aliphatic rings. The normalized spacial score (nSPS) is 14.9. The number of aliphatic hydroxyl groups is 3. The number of hydrogen-bond donors (Lipinski definition) is 4. The molecular formula is C11H17NO3. The molecule has 1 aromatic rings. The third kappa shape index (κ3) is 3.00. The zero-order chi connectivity index (χ0) is 11.3. The van der Waals surface area contributed by atoms with Crippen LogP contribution in [0, 0.1) is 0 Å². The molecule has 1 aromatic carbocycles. The fourth-order valence-corrected chi connectivity index (χ4v) is 1.52. The average molecular weight is 211 g/mol. The zero-order valence-electron chi connectivity index (χ0n) is 8.72. The van der Waals surface area contributed by atoms with E-state index in [4.69, 9.17) is 5.11 Å². The predicted octanol–water partition coefficient (Wildman–Crippen LogP) is -0.0349. The second kappa shape index (κ2) is 5.82. The van der Waals surface area contributed by atoms with Crippen LogP contribution in [-0.2, 0) is 0 Å². The quantitative estimate of drug-likeness (QED) is 0.551. The van der Waals surface area contributed by atoms with E-state index in [1.807, 2.05) is 0 Å². The molecule has 84 valence electrons. The summed E-state index contributed by atoms with van der Waals surface area (Å²) in [5, 5.41) is 31.1. The summed E-state index contributed by atoms with van der Waals surface area (Å²) in [4.78, 5) is 0. The molecule has 0 heterocycles. The third-order valence-electron chi connectivity index (χ3n) is 2.28. The molecule has 0 aliphatic heterocycles. The summed E-state index contributed by atoms with van der Waals surface area (Å²) in [6.45, 7) is 0.0679. The molecule has 0 fully saturated rings. The van der Waals surface area contributed by atoms with Crippen LogP contribution in [0.2, 0.25) is 0 Å². The van der Waals surface area contributed by atoms with Gasteiger partial charge in [-0.05, 0) is 18.2 Å². The molecule has 1 rings (SSSR count). The lowest BCUT2D eigenvalue weighted by Crippen LogP contribution is -2.19. The summed E-state index contributed by atoms with van der Waals surface area (Å²) in [5.41, 5.74) is 1.22. The lowest BCUT2D eigenvalue weighted by atomic mass is 9.98. The van der Waals surface area contributed by atoms with E-state index in [1.54, 1.807) is 31.3 Å². The topological polar surface area (TPSA) is 72.7 Å². The molecule has 0 radical (unpaired) electrons. The van der Waals surface area contributed by atoms with Gasteiger partial charge < -0.3 is 20.6 Å². The zero-order valence-corrected chi connectivity index (χ0v) is 8.72. The van der Waals surface area contributed by atoms with Crippen molar-refractivity contribution < 1.29 is 15.3 Å². The molecule has 0 spiro atoms. The Labute approximate surface area is 89.2 Å². The van der Waals surface area contributed by atoms with E-state index in [9.17, 15) is 10.2 Å². The summed E-state index contributed by atoms with van der Waals surface area (Å²) in [6.07, 6.45) is -1.61. The standard InChI is InChI=1S/C11H17NO3/c1-12-6-10(14)8-4-2-3-5-9(8)11(15)7-13/h2-5,10-15H,6-7H2,1H3. The van der Waals surface area contributed by atoms with Gasteiger partial charge in [0.2, 0.25) is 0 Å². The first kappa shape index (κ1) is 12.1. The van der Waals surface area contributed by atoms with Crippen LogP contribution in [0.5, 0.6) is 0 Å². The minimum Gasteiger partial charge on any atom is -0.393 e. The molecule has 0 amide bonds. The Bertz CT molecular complexity index is 304. The van der Waals surface area contributed by atoms with E-state index in [0.717, 1.165) is 0 Å². The van der Waals surface area contributed by atoms with Gasteiger partial charge >= 0.3 is 0 Å². The third-order valence-corrected chi connectivity index (χ3v) is 2.28. The lowest BCUT2D eigenvalue weighted by molar-refractivity contribution is 0.0909. The average Bonchev–Trinajstić information content (AvgIpc) is 2.28. The van der Waals surface area contributed by atoms with Crippen molar-refractivity contribution in [2.24, 2.45) is 0 Å². The highest BCUT2D eigenvalue weighted by Gasteiger charge is 2.15. The Balaban J connectivity index is 2.95. The number of nitrogens with one attached hydrogen (secondary N) is 1. The maximum absolute atomic E-state index is 9.79. The fourth-order valence-electron chi connectivity index (χ4n) is 1.52. The van der Waals surface area contributed by atoms with Crippen LogP contribution in [0.4, 0.5) is 0 Å². The van der Waals surface area contributed by atoms with E-state index < -0.39 is 12.2 Å². The molecule has 4 nitrogen and oxygen atoms in total. The minimum absolute atomic E-state index is 0.344. The molecule has 2 atom stereocenters. The van der Waals surface area contributed by atoms with Gasteiger partial charge in [-0.25, -0.2) is 0 Å². The van der Waals surface area contributed by atoms with Gasteiger partial charge in [-0.3, -0.25) is 0 Å². The van der Waals surface area contributed by atoms with Crippen LogP contribution >= 0.6 is 0 Å². The number of hydrogen-bond acceptors (Lipinski definition) is 4. The molecule has 0 saturated carbocycles. The van der Waals surface area contributed by atoms with Gasteiger partial charge in [0.1, 0.15) is 6.10 Å². The maximum atomic E-state index is 9.79. The van der Waals surface area contributed by atoms with Crippen molar-refractivity contribution in [1.29, 1.82) is 0 Å². The lowest BCUT2D eigenvalue weighted by Gasteiger charge is -2.17. The second-order valence-corrected chi connectivity index (χ2v) is 3.40.